The standard InChI is InChI=1S/C23H25FN4O.ClH/c1-14-15(2)25-23(26-19-8-6-18(24)7-9-19)27-22(14)28-12-11-17-5-10-20(29-4)13-21(17)16(28)3;/h5-10,13,16H,11-12H2,1-4H3,(H,25,26,27);1H. The van der Waals surface area contributed by atoms with Crippen LogP contribution in [0.5, 0.6) is 5.75 Å². The molecule has 0 radical (unpaired) electrons. The minimum atomic E-state index is -0.270. The van der Waals surface area contributed by atoms with Crippen LogP contribution in [-0.2, 0) is 6.42 Å². The highest BCUT2D eigenvalue weighted by atomic mass is 35.5. The number of halogens is 2. The molecule has 158 valence electrons. The maximum Gasteiger partial charge on any atom is 0.229 e. The molecule has 3 aromatic rings. The Morgan fingerprint density at radius 3 is 2.53 bits per heavy atom. The van der Waals surface area contributed by atoms with Crippen molar-refractivity contribution in [3.8, 4) is 5.75 Å². The zero-order valence-corrected chi connectivity index (χ0v) is 18.4. The number of methoxy groups -OCH3 is 1. The summed E-state index contributed by atoms with van der Waals surface area (Å²) < 4.78 is 18.6. The van der Waals surface area contributed by atoms with Gasteiger partial charge in [0, 0.05) is 23.5 Å². The molecule has 2 heterocycles. The van der Waals surface area contributed by atoms with Crippen LogP contribution in [0.3, 0.4) is 0 Å². The Morgan fingerprint density at radius 2 is 1.83 bits per heavy atom. The molecule has 1 N–H and O–H groups in total. The number of benzene rings is 2. The van der Waals surface area contributed by atoms with Gasteiger partial charge in [-0.15, -0.1) is 12.4 Å². The predicted molar refractivity (Wildman–Crippen MR) is 121 cm³/mol. The molecule has 1 unspecified atom stereocenters. The Kier molecular flexibility index (Phi) is 6.46. The van der Waals surface area contributed by atoms with Crippen molar-refractivity contribution in [3.63, 3.8) is 0 Å². The lowest BCUT2D eigenvalue weighted by molar-refractivity contribution is 0.413. The van der Waals surface area contributed by atoms with Gasteiger partial charge < -0.3 is 15.0 Å². The summed E-state index contributed by atoms with van der Waals surface area (Å²) in [6.07, 6.45) is 0.951. The fourth-order valence-corrected chi connectivity index (χ4v) is 3.82. The van der Waals surface area contributed by atoms with Gasteiger partial charge in [-0.3, -0.25) is 0 Å². The smallest absolute Gasteiger partial charge is 0.229 e. The molecule has 0 saturated carbocycles. The van der Waals surface area contributed by atoms with Gasteiger partial charge in [-0.1, -0.05) is 6.07 Å². The van der Waals surface area contributed by atoms with Crippen LogP contribution in [0, 0.1) is 19.7 Å². The Morgan fingerprint density at radius 1 is 1.10 bits per heavy atom. The van der Waals surface area contributed by atoms with Crippen LogP contribution in [0.25, 0.3) is 0 Å². The second-order valence-corrected chi connectivity index (χ2v) is 7.40. The summed E-state index contributed by atoms with van der Waals surface area (Å²) in [5.41, 5.74) is 5.35. The van der Waals surface area contributed by atoms with E-state index in [1.807, 2.05) is 13.0 Å². The predicted octanol–water partition coefficient (Wildman–Crippen LogP) is 5.53. The van der Waals surface area contributed by atoms with Crippen LogP contribution in [0.15, 0.2) is 42.5 Å². The highest BCUT2D eigenvalue weighted by Crippen LogP contribution is 2.36. The number of hydrogen-bond acceptors (Lipinski definition) is 5. The molecule has 0 amide bonds. The van der Waals surface area contributed by atoms with E-state index in [1.165, 1.54) is 23.3 Å². The monoisotopic (exact) mass is 428 g/mol. The molecule has 0 bridgehead atoms. The van der Waals surface area contributed by atoms with E-state index < -0.39 is 0 Å². The second-order valence-electron chi connectivity index (χ2n) is 7.40. The van der Waals surface area contributed by atoms with E-state index in [2.05, 4.69) is 41.2 Å². The number of rotatable bonds is 4. The topological polar surface area (TPSA) is 50.3 Å². The van der Waals surface area contributed by atoms with Gasteiger partial charge >= 0.3 is 0 Å². The molecule has 30 heavy (non-hydrogen) atoms. The number of ether oxygens (including phenoxy) is 1. The zero-order valence-electron chi connectivity index (χ0n) is 17.6. The molecule has 5 nitrogen and oxygen atoms in total. The molecule has 2 aromatic carbocycles. The molecule has 1 atom stereocenters. The van der Waals surface area contributed by atoms with Gasteiger partial charge in [-0.2, -0.15) is 4.98 Å². The van der Waals surface area contributed by atoms with Crippen LogP contribution < -0.4 is 15.0 Å². The van der Waals surface area contributed by atoms with Crippen molar-refractivity contribution < 1.29 is 9.13 Å². The van der Waals surface area contributed by atoms with Crippen molar-refractivity contribution in [1.29, 1.82) is 0 Å². The van der Waals surface area contributed by atoms with Gasteiger partial charge in [0.15, 0.2) is 0 Å². The minimum absolute atomic E-state index is 0. The lowest BCUT2D eigenvalue weighted by atomic mass is 9.93. The number of aryl methyl sites for hydroxylation is 1. The van der Waals surface area contributed by atoms with E-state index in [4.69, 9.17) is 9.72 Å². The van der Waals surface area contributed by atoms with Crippen molar-refractivity contribution >= 4 is 29.9 Å². The summed E-state index contributed by atoms with van der Waals surface area (Å²) in [6, 6.07) is 12.7. The van der Waals surface area contributed by atoms with E-state index >= 15 is 0 Å². The average Bonchev–Trinajstić information content (AvgIpc) is 2.72. The Labute approximate surface area is 182 Å². The highest BCUT2D eigenvalue weighted by Gasteiger charge is 2.27. The van der Waals surface area contributed by atoms with E-state index in [1.54, 1.807) is 19.2 Å². The van der Waals surface area contributed by atoms with Gasteiger partial charge in [-0.25, -0.2) is 9.37 Å². The van der Waals surface area contributed by atoms with E-state index in [0.29, 0.717) is 5.95 Å². The first kappa shape index (κ1) is 21.8. The average molecular weight is 429 g/mol. The summed E-state index contributed by atoms with van der Waals surface area (Å²) in [4.78, 5) is 11.7. The Balaban J connectivity index is 0.00000256. The van der Waals surface area contributed by atoms with Gasteiger partial charge in [0.25, 0.3) is 0 Å². The normalized spacial score (nSPS) is 15.2. The van der Waals surface area contributed by atoms with E-state index in [0.717, 1.165) is 41.5 Å². The third-order valence-corrected chi connectivity index (χ3v) is 5.63. The van der Waals surface area contributed by atoms with Crippen LogP contribution in [-0.4, -0.2) is 23.6 Å². The molecular formula is C23H26ClFN4O. The third kappa shape index (κ3) is 4.19. The number of nitrogens with zero attached hydrogens (tertiary/aromatic N) is 3. The fourth-order valence-electron chi connectivity index (χ4n) is 3.82. The summed E-state index contributed by atoms with van der Waals surface area (Å²) in [7, 11) is 1.69. The first-order valence-corrected chi connectivity index (χ1v) is 9.77. The fraction of sp³-hybridized carbons (Fsp3) is 0.304. The molecule has 0 saturated heterocycles. The van der Waals surface area contributed by atoms with Crippen LogP contribution >= 0.6 is 12.4 Å². The van der Waals surface area contributed by atoms with E-state index in [9.17, 15) is 4.39 Å². The van der Waals surface area contributed by atoms with Gasteiger partial charge in [0.2, 0.25) is 5.95 Å². The summed E-state index contributed by atoms with van der Waals surface area (Å²) >= 11 is 0. The van der Waals surface area contributed by atoms with Crippen LogP contribution in [0.2, 0.25) is 0 Å². The van der Waals surface area contributed by atoms with E-state index in [-0.39, 0.29) is 24.3 Å². The Hall–Kier alpha value is -2.86. The minimum Gasteiger partial charge on any atom is -0.497 e. The van der Waals surface area contributed by atoms with Crippen molar-refractivity contribution in [1.82, 2.24) is 9.97 Å². The quantitative estimate of drug-likeness (QED) is 0.592. The van der Waals surface area contributed by atoms with Crippen molar-refractivity contribution in [3.05, 3.63) is 70.7 Å². The molecule has 4 rings (SSSR count). The molecular weight excluding hydrogens is 403 g/mol. The maximum atomic E-state index is 13.2. The summed E-state index contributed by atoms with van der Waals surface area (Å²) in [6.45, 7) is 7.12. The Bertz CT molecular complexity index is 1040. The molecule has 1 aliphatic heterocycles. The number of fused-ring (bicyclic) bond motifs is 1. The first-order valence-electron chi connectivity index (χ1n) is 9.77. The number of anilines is 3. The first-order chi connectivity index (χ1) is 14.0. The molecule has 0 aliphatic carbocycles. The molecule has 1 aromatic heterocycles. The van der Waals surface area contributed by atoms with Crippen LogP contribution in [0.1, 0.15) is 35.3 Å². The molecule has 0 spiro atoms. The van der Waals surface area contributed by atoms with Crippen molar-refractivity contribution in [2.75, 3.05) is 23.9 Å². The number of aromatic nitrogens is 2. The van der Waals surface area contributed by atoms with Crippen molar-refractivity contribution in [2.45, 2.75) is 33.2 Å². The third-order valence-electron chi connectivity index (χ3n) is 5.63. The van der Waals surface area contributed by atoms with Gasteiger partial charge in [0.05, 0.1) is 13.2 Å². The number of nitrogens with one attached hydrogen (secondary N) is 1. The molecule has 7 heteroatoms. The van der Waals surface area contributed by atoms with Crippen molar-refractivity contribution in [2.24, 2.45) is 0 Å². The lowest BCUT2D eigenvalue weighted by Crippen LogP contribution is -2.35. The highest BCUT2D eigenvalue weighted by molar-refractivity contribution is 5.85. The largest absolute Gasteiger partial charge is 0.497 e. The summed E-state index contributed by atoms with van der Waals surface area (Å²) in [5, 5.41) is 3.20. The zero-order chi connectivity index (χ0) is 20.5. The summed E-state index contributed by atoms with van der Waals surface area (Å²) in [5.74, 6) is 2.03. The van der Waals surface area contributed by atoms with Crippen LogP contribution in [0.4, 0.5) is 21.8 Å². The second kappa shape index (κ2) is 8.88. The SMILES string of the molecule is COc1ccc2c(c1)C(C)N(c1nc(Nc3ccc(F)cc3)nc(C)c1C)CC2.Cl. The van der Waals surface area contributed by atoms with Gasteiger partial charge in [-0.05, 0) is 74.7 Å². The lowest BCUT2D eigenvalue weighted by Gasteiger charge is -2.37. The maximum absolute atomic E-state index is 13.2. The van der Waals surface area contributed by atoms with Gasteiger partial charge in [0.1, 0.15) is 17.4 Å². The number of hydrogen-bond donors (Lipinski definition) is 1. The molecule has 1 aliphatic rings. The molecule has 0 fully saturated rings.